The maximum Gasteiger partial charge on any atom is 0.256 e. The molecule has 8 heteroatoms. The summed E-state index contributed by atoms with van der Waals surface area (Å²) in [5.41, 5.74) is 29.5. The first-order valence-corrected chi connectivity index (χ1v) is 32.4. The van der Waals surface area contributed by atoms with Gasteiger partial charge in [-0.3, -0.25) is 0 Å². The van der Waals surface area contributed by atoms with Gasteiger partial charge in [0.15, 0.2) is 5.58 Å². The molecular weight excluding hydrogens is 1120 g/mol. The van der Waals surface area contributed by atoms with Gasteiger partial charge in [0.05, 0.1) is 22.4 Å². The van der Waals surface area contributed by atoms with Gasteiger partial charge in [-0.25, -0.2) is 0 Å². The van der Waals surface area contributed by atoms with Crippen molar-refractivity contribution in [2.75, 3.05) is 14.7 Å². The molecule has 4 aliphatic heterocycles. The average Bonchev–Trinajstić information content (AvgIpc) is 0.819. The summed E-state index contributed by atoms with van der Waals surface area (Å²) in [4.78, 5) is 7.67. The van der Waals surface area contributed by atoms with Crippen molar-refractivity contribution in [3.63, 3.8) is 0 Å². The summed E-state index contributed by atoms with van der Waals surface area (Å²) in [5, 5.41) is 4.67. The monoisotopic (exact) mass is 1180 g/mol. The van der Waals surface area contributed by atoms with E-state index in [1.54, 1.807) is 0 Å². The predicted octanol–water partition coefficient (Wildman–Crippen LogP) is 18.8. The molecule has 13 aromatic carbocycles. The van der Waals surface area contributed by atoms with Crippen LogP contribution in [0.15, 0.2) is 283 Å². The van der Waals surface area contributed by atoms with Gasteiger partial charge in [0.2, 0.25) is 0 Å². The minimum absolute atomic E-state index is 0.187. The SMILES string of the molecule is CC(C)c1cc2c3c(c1)N(c1cccc4c1oc1ccccc14)c1ccccc1B3c1cc3c(cc1O2)N(c1c(-c2ccccc2)cccc1-c1ccccc1)c1cc(C(C)C)cc2c1B3c1ccc(-n3c4ccccc4c4ccccc43)cc1N2c1ccccc1. The van der Waals surface area contributed by atoms with E-state index in [-0.39, 0.29) is 25.3 Å². The molecule has 0 N–H and O–H groups in total. The van der Waals surface area contributed by atoms with Gasteiger partial charge in [-0.05, 0) is 146 Å². The summed E-state index contributed by atoms with van der Waals surface area (Å²) >= 11 is 0. The summed E-state index contributed by atoms with van der Waals surface area (Å²) in [6.07, 6.45) is 0. The van der Waals surface area contributed by atoms with E-state index >= 15 is 0 Å². The third-order valence-electron chi connectivity index (χ3n) is 20.1. The first-order valence-electron chi connectivity index (χ1n) is 32.4. The average molecular weight is 1180 g/mol. The van der Waals surface area contributed by atoms with Crippen molar-refractivity contribution in [2.45, 2.75) is 39.5 Å². The lowest BCUT2D eigenvalue weighted by Gasteiger charge is -2.46. The molecule has 0 unspecified atom stereocenters. The molecule has 0 saturated carbocycles. The number of aromatic nitrogens is 1. The second-order valence-corrected chi connectivity index (χ2v) is 25.9. The van der Waals surface area contributed by atoms with E-state index in [1.165, 1.54) is 60.5 Å². The smallest absolute Gasteiger partial charge is 0.256 e. The standard InChI is InChI=1S/C84H60B2N4O2/c1-51(2)55-44-75-81-76(45-55)90(83-59(53-24-8-5-9-25-53)33-22-34-60(83)54-26-10-6-11-27-54)74-50-79-68(49-67(74)85(81)66-43-42-58(48-73(66)87(75)57-28-12-7-13-29-57)88-69-37-18-14-30-61(69)62-31-15-19-38-70(62)88)86-65-36-17-20-39-71(65)89(77-46-56(52(3)4)47-80(91-79)82(77)86)72-40-23-35-64-63-32-16-21-41-78(63)92-84(64)72/h5-52H,1-4H3. The fraction of sp³-hybridized carbons (Fsp3) is 0.0714. The Hall–Kier alpha value is -11.2. The molecule has 0 aliphatic carbocycles. The Morgan fingerprint density at radius 3 is 1.55 bits per heavy atom. The largest absolute Gasteiger partial charge is 0.458 e. The van der Waals surface area contributed by atoms with Crippen LogP contribution in [0.3, 0.4) is 0 Å². The van der Waals surface area contributed by atoms with Crippen LogP contribution in [0.25, 0.3) is 71.7 Å². The summed E-state index contributed by atoms with van der Waals surface area (Å²) in [6, 6.07) is 104. The lowest BCUT2D eigenvalue weighted by Crippen LogP contribution is -2.64. The Balaban J connectivity index is 0.927. The van der Waals surface area contributed by atoms with E-state index in [4.69, 9.17) is 9.15 Å². The molecule has 2 aromatic heterocycles. The molecule has 0 bridgehead atoms. The molecule has 0 saturated heterocycles. The van der Waals surface area contributed by atoms with Crippen molar-refractivity contribution in [1.29, 1.82) is 0 Å². The number of ether oxygens (including phenoxy) is 1. The van der Waals surface area contributed by atoms with Crippen molar-refractivity contribution < 1.29 is 9.15 Å². The van der Waals surface area contributed by atoms with Crippen LogP contribution >= 0.6 is 0 Å². The number of hydrogen-bond donors (Lipinski definition) is 0. The van der Waals surface area contributed by atoms with Crippen LogP contribution in [0.5, 0.6) is 11.5 Å². The zero-order valence-electron chi connectivity index (χ0n) is 51.5. The van der Waals surface area contributed by atoms with E-state index in [2.05, 4.69) is 326 Å². The quantitative estimate of drug-likeness (QED) is 0.142. The van der Waals surface area contributed by atoms with Crippen LogP contribution in [0, 0.1) is 0 Å². The third-order valence-corrected chi connectivity index (χ3v) is 20.1. The van der Waals surface area contributed by atoms with Gasteiger partial charge < -0.3 is 28.4 Å². The summed E-state index contributed by atoms with van der Waals surface area (Å²) < 4.78 is 17.2. The molecule has 6 nitrogen and oxygen atoms in total. The van der Waals surface area contributed by atoms with Crippen LogP contribution in [0.1, 0.15) is 50.7 Å². The zero-order chi connectivity index (χ0) is 61.0. The molecule has 15 aromatic rings. The van der Waals surface area contributed by atoms with Crippen molar-refractivity contribution in [3.05, 3.63) is 290 Å². The highest BCUT2D eigenvalue weighted by atomic mass is 16.5. The summed E-state index contributed by atoms with van der Waals surface area (Å²) in [7, 11) is 0. The molecule has 434 valence electrons. The molecule has 0 fully saturated rings. The first kappa shape index (κ1) is 52.7. The Morgan fingerprint density at radius 1 is 0.326 bits per heavy atom. The van der Waals surface area contributed by atoms with Gasteiger partial charge in [-0.1, -0.05) is 222 Å². The fourth-order valence-electron chi connectivity index (χ4n) is 16.0. The number of hydrogen-bond acceptors (Lipinski definition) is 5. The number of anilines is 9. The van der Waals surface area contributed by atoms with Gasteiger partial charge in [0, 0.05) is 84.2 Å². The van der Waals surface area contributed by atoms with Gasteiger partial charge in [0.25, 0.3) is 13.4 Å². The number of nitrogens with zero attached hydrogens (tertiary/aromatic N) is 4. The van der Waals surface area contributed by atoms with Crippen molar-refractivity contribution in [2.24, 2.45) is 0 Å². The number of rotatable bonds is 8. The van der Waals surface area contributed by atoms with Crippen molar-refractivity contribution in [1.82, 2.24) is 4.57 Å². The summed E-state index contributed by atoms with van der Waals surface area (Å²) in [5.74, 6) is 2.13. The topological polar surface area (TPSA) is 37.0 Å². The Labute approximate surface area is 535 Å². The number of para-hydroxylation sites is 7. The maximum atomic E-state index is 7.77. The highest BCUT2D eigenvalue weighted by Gasteiger charge is 2.49. The normalized spacial score (nSPS) is 13.4. The second-order valence-electron chi connectivity index (χ2n) is 25.9. The lowest BCUT2D eigenvalue weighted by molar-refractivity contribution is 0.486. The van der Waals surface area contributed by atoms with Gasteiger partial charge in [-0.15, -0.1) is 0 Å². The Kier molecular flexibility index (Phi) is 11.5. The van der Waals surface area contributed by atoms with E-state index in [1.807, 2.05) is 0 Å². The molecule has 0 radical (unpaired) electrons. The molecule has 0 spiro atoms. The highest BCUT2D eigenvalue weighted by Crippen LogP contribution is 2.53. The molecule has 4 aliphatic rings. The molecular formula is C84H60B2N4O2. The predicted molar refractivity (Wildman–Crippen MR) is 387 cm³/mol. The van der Waals surface area contributed by atoms with Crippen LogP contribution in [0.4, 0.5) is 51.2 Å². The van der Waals surface area contributed by atoms with Gasteiger partial charge in [0.1, 0.15) is 17.1 Å². The molecule has 19 rings (SSSR count). The molecule has 0 amide bonds. The fourth-order valence-corrected chi connectivity index (χ4v) is 16.0. The minimum atomic E-state index is -0.214. The van der Waals surface area contributed by atoms with E-state index in [9.17, 15) is 0 Å². The van der Waals surface area contributed by atoms with Crippen LogP contribution in [0.2, 0.25) is 0 Å². The lowest BCUT2D eigenvalue weighted by atomic mass is 9.30. The van der Waals surface area contributed by atoms with Gasteiger partial charge >= 0.3 is 0 Å². The number of benzene rings is 13. The van der Waals surface area contributed by atoms with E-state index in [0.717, 1.165) is 118 Å². The van der Waals surface area contributed by atoms with Crippen LogP contribution < -0.4 is 52.2 Å². The number of fused-ring (bicyclic) bond motifs is 14. The molecule has 92 heavy (non-hydrogen) atoms. The van der Waals surface area contributed by atoms with E-state index < -0.39 is 0 Å². The first-order chi connectivity index (χ1) is 45.3. The number of furan rings is 1. The second kappa shape index (κ2) is 20.1. The maximum absolute atomic E-state index is 7.77. The van der Waals surface area contributed by atoms with Crippen LogP contribution in [-0.4, -0.2) is 18.0 Å². The molecule has 6 heterocycles. The highest BCUT2D eigenvalue weighted by molar-refractivity contribution is 7.02. The Bertz CT molecular complexity index is 5450. The minimum Gasteiger partial charge on any atom is -0.458 e. The van der Waals surface area contributed by atoms with Gasteiger partial charge in [-0.2, -0.15) is 0 Å². The summed E-state index contributed by atoms with van der Waals surface area (Å²) in [6.45, 7) is 8.85. The zero-order valence-corrected chi connectivity index (χ0v) is 51.5. The van der Waals surface area contributed by atoms with Crippen molar-refractivity contribution in [3.8, 4) is 39.4 Å². The Morgan fingerprint density at radius 2 is 0.859 bits per heavy atom. The van der Waals surface area contributed by atoms with E-state index in [0.29, 0.717) is 0 Å². The third kappa shape index (κ3) is 7.64. The molecule has 0 atom stereocenters. The van der Waals surface area contributed by atoms with Crippen molar-refractivity contribution >= 4 is 141 Å². The van der Waals surface area contributed by atoms with Crippen LogP contribution in [-0.2, 0) is 0 Å².